The number of nitrogens with one attached hydrogen (secondary N) is 1. The summed E-state index contributed by atoms with van der Waals surface area (Å²) in [6, 6.07) is 0.249. The van der Waals surface area contributed by atoms with Gasteiger partial charge >= 0.3 is 6.01 Å². The molecule has 0 aliphatic rings. The molecule has 0 amide bonds. The first-order valence-corrected chi connectivity index (χ1v) is 5.58. The van der Waals surface area contributed by atoms with Crippen LogP contribution < -0.4 is 20.9 Å². The van der Waals surface area contributed by atoms with Crippen LogP contribution >= 0.6 is 0 Å². The number of methoxy groups -OCH3 is 1. The first-order valence-electron chi connectivity index (χ1n) is 5.58. The number of nitrogen functional groups attached to an aromatic ring is 1. The van der Waals surface area contributed by atoms with E-state index in [1.807, 2.05) is 11.9 Å². The Morgan fingerprint density at radius 2 is 2.12 bits per heavy atom. The Kier molecular flexibility index (Phi) is 4.89. The SMILES string of the molecule is CCC(C)CN(C)c1nc(NN)nc(OC)n1. The highest BCUT2D eigenvalue weighted by Gasteiger charge is 2.12. The summed E-state index contributed by atoms with van der Waals surface area (Å²) in [5.74, 6) is 6.70. The molecule has 0 saturated carbocycles. The Morgan fingerprint density at radius 3 is 2.65 bits per heavy atom. The number of hydrogen-bond donors (Lipinski definition) is 2. The van der Waals surface area contributed by atoms with Crippen LogP contribution in [0.5, 0.6) is 6.01 Å². The van der Waals surface area contributed by atoms with Crippen LogP contribution in [-0.2, 0) is 0 Å². The summed E-state index contributed by atoms with van der Waals surface area (Å²) in [4.78, 5) is 14.3. The van der Waals surface area contributed by atoms with Crippen LogP contribution in [0.1, 0.15) is 20.3 Å². The quantitative estimate of drug-likeness (QED) is 0.557. The van der Waals surface area contributed by atoms with E-state index in [0.29, 0.717) is 17.8 Å². The number of nitrogens with zero attached hydrogens (tertiary/aromatic N) is 4. The molecule has 1 aromatic heterocycles. The molecule has 7 nitrogen and oxygen atoms in total. The number of aromatic nitrogens is 3. The standard InChI is InChI=1S/C10H20N6O/c1-5-7(2)6-16(3)9-12-8(15-11)13-10(14-9)17-4/h7H,5-6,11H2,1-4H3,(H,12,13,14,15). The third-order valence-corrected chi connectivity index (χ3v) is 2.54. The summed E-state index contributed by atoms with van der Waals surface area (Å²) < 4.78 is 4.99. The monoisotopic (exact) mass is 240 g/mol. The lowest BCUT2D eigenvalue weighted by Gasteiger charge is -2.20. The van der Waals surface area contributed by atoms with Crippen molar-refractivity contribution in [3.05, 3.63) is 0 Å². The number of anilines is 2. The van der Waals surface area contributed by atoms with Crippen LogP contribution in [-0.4, -0.2) is 35.7 Å². The van der Waals surface area contributed by atoms with Crippen molar-refractivity contribution in [3.63, 3.8) is 0 Å². The van der Waals surface area contributed by atoms with Crippen molar-refractivity contribution in [2.75, 3.05) is 31.0 Å². The Balaban J connectivity index is 2.88. The average Bonchev–Trinajstić information content (AvgIpc) is 2.37. The van der Waals surface area contributed by atoms with E-state index in [9.17, 15) is 0 Å². The van der Waals surface area contributed by atoms with Crippen molar-refractivity contribution in [1.82, 2.24) is 15.0 Å². The molecule has 1 rings (SSSR count). The summed E-state index contributed by atoms with van der Waals surface area (Å²) in [5, 5.41) is 0. The fraction of sp³-hybridized carbons (Fsp3) is 0.700. The van der Waals surface area contributed by atoms with E-state index in [2.05, 4.69) is 34.2 Å². The molecule has 0 saturated heterocycles. The van der Waals surface area contributed by atoms with E-state index < -0.39 is 0 Å². The molecule has 0 aliphatic carbocycles. The molecule has 7 heteroatoms. The molecule has 0 aromatic carbocycles. The summed E-state index contributed by atoms with van der Waals surface area (Å²) in [5.41, 5.74) is 2.40. The van der Waals surface area contributed by atoms with Gasteiger partial charge in [-0.3, -0.25) is 5.43 Å². The highest BCUT2D eigenvalue weighted by atomic mass is 16.5. The zero-order valence-corrected chi connectivity index (χ0v) is 10.8. The highest BCUT2D eigenvalue weighted by Crippen LogP contribution is 2.14. The van der Waals surface area contributed by atoms with E-state index in [1.54, 1.807) is 0 Å². The Hall–Kier alpha value is -1.63. The predicted octanol–water partition coefficient (Wildman–Crippen LogP) is 0.648. The normalized spacial score (nSPS) is 12.1. The second kappa shape index (κ2) is 6.19. The van der Waals surface area contributed by atoms with Gasteiger partial charge in [-0.2, -0.15) is 15.0 Å². The minimum absolute atomic E-state index is 0.249. The number of rotatable bonds is 6. The topological polar surface area (TPSA) is 89.2 Å². The maximum atomic E-state index is 5.29. The molecule has 1 unspecified atom stereocenters. The van der Waals surface area contributed by atoms with Gasteiger partial charge in [0, 0.05) is 13.6 Å². The maximum absolute atomic E-state index is 5.29. The maximum Gasteiger partial charge on any atom is 0.322 e. The van der Waals surface area contributed by atoms with Crippen LogP contribution in [0, 0.1) is 5.92 Å². The number of nitrogens with two attached hydrogens (primary N) is 1. The van der Waals surface area contributed by atoms with Crippen molar-refractivity contribution in [1.29, 1.82) is 0 Å². The molecule has 17 heavy (non-hydrogen) atoms. The van der Waals surface area contributed by atoms with Gasteiger partial charge in [-0.15, -0.1) is 0 Å². The highest BCUT2D eigenvalue weighted by molar-refractivity contribution is 5.36. The first-order chi connectivity index (χ1) is 8.10. The molecule has 0 bridgehead atoms. The van der Waals surface area contributed by atoms with Gasteiger partial charge in [0.15, 0.2) is 0 Å². The molecule has 0 aliphatic heterocycles. The lowest BCUT2D eigenvalue weighted by molar-refractivity contribution is 0.378. The second-order valence-corrected chi connectivity index (χ2v) is 3.98. The zero-order valence-electron chi connectivity index (χ0n) is 10.8. The molecule has 1 aromatic rings. The summed E-state index contributed by atoms with van der Waals surface area (Å²) in [7, 11) is 3.44. The number of hydrazine groups is 1. The molecular formula is C10H20N6O. The number of hydrogen-bond acceptors (Lipinski definition) is 7. The lowest BCUT2D eigenvalue weighted by Crippen LogP contribution is -2.26. The lowest BCUT2D eigenvalue weighted by atomic mass is 10.1. The third kappa shape index (κ3) is 3.70. The van der Waals surface area contributed by atoms with Gasteiger partial charge in [0.25, 0.3) is 0 Å². The molecule has 0 fully saturated rings. The fourth-order valence-electron chi connectivity index (χ4n) is 1.35. The fourth-order valence-corrected chi connectivity index (χ4v) is 1.35. The van der Waals surface area contributed by atoms with E-state index in [0.717, 1.165) is 13.0 Å². The number of ether oxygens (including phenoxy) is 1. The largest absolute Gasteiger partial charge is 0.467 e. The van der Waals surface area contributed by atoms with Crippen LogP contribution in [0.25, 0.3) is 0 Å². The minimum atomic E-state index is 0.249. The predicted molar refractivity (Wildman–Crippen MR) is 66.9 cm³/mol. The summed E-state index contributed by atoms with van der Waals surface area (Å²) >= 11 is 0. The van der Waals surface area contributed by atoms with E-state index >= 15 is 0 Å². The molecule has 96 valence electrons. The van der Waals surface area contributed by atoms with Crippen LogP contribution in [0.2, 0.25) is 0 Å². The van der Waals surface area contributed by atoms with Crippen molar-refractivity contribution < 1.29 is 4.74 Å². The van der Waals surface area contributed by atoms with Crippen LogP contribution in [0.3, 0.4) is 0 Å². The summed E-state index contributed by atoms with van der Waals surface area (Å²) in [6.45, 7) is 5.20. The third-order valence-electron chi connectivity index (χ3n) is 2.54. The molecule has 1 atom stereocenters. The first kappa shape index (κ1) is 13.4. The van der Waals surface area contributed by atoms with Crippen LogP contribution in [0.4, 0.5) is 11.9 Å². The van der Waals surface area contributed by atoms with Crippen molar-refractivity contribution in [2.24, 2.45) is 11.8 Å². The second-order valence-electron chi connectivity index (χ2n) is 3.98. The molecule has 3 N–H and O–H groups in total. The van der Waals surface area contributed by atoms with Gasteiger partial charge in [-0.25, -0.2) is 5.84 Å². The molecule has 0 spiro atoms. The van der Waals surface area contributed by atoms with Crippen molar-refractivity contribution >= 4 is 11.9 Å². The van der Waals surface area contributed by atoms with Gasteiger partial charge in [0.1, 0.15) is 0 Å². The van der Waals surface area contributed by atoms with Gasteiger partial charge in [-0.05, 0) is 5.92 Å². The van der Waals surface area contributed by atoms with E-state index in [-0.39, 0.29) is 6.01 Å². The van der Waals surface area contributed by atoms with Gasteiger partial charge < -0.3 is 9.64 Å². The van der Waals surface area contributed by atoms with Gasteiger partial charge in [0.2, 0.25) is 11.9 Å². The smallest absolute Gasteiger partial charge is 0.322 e. The summed E-state index contributed by atoms with van der Waals surface area (Å²) in [6.07, 6.45) is 1.11. The molecule has 0 radical (unpaired) electrons. The Bertz CT molecular complexity index is 336. The van der Waals surface area contributed by atoms with Crippen LogP contribution in [0.15, 0.2) is 0 Å². The zero-order chi connectivity index (χ0) is 12.8. The van der Waals surface area contributed by atoms with E-state index in [1.165, 1.54) is 7.11 Å². The van der Waals surface area contributed by atoms with Gasteiger partial charge in [-0.1, -0.05) is 20.3 Å². The Morgan fingerprint density at radius 1 is 1.41 bits per heavy atom. The van der Waals surface area contributed by atoms with Crippen molar-refractivity contribution in [3.8, 4) is 6.01 Å². The molecule has 1 heterocycles. The minimum Gasteiger partial charge on any atom is -0.467 e. The Labute approximate surface area is 101 Å². The van der Waals surface area contributed by atoms with E-state index in [4.69, 9.17) is 10.6 Å². The molecular weight excluding hydrogens is 220 g/mol. The van der Waals surface area contributed by atoms with Crippen molar-refractivity contribution in [2.45, 2.75) is 20.3 Å². The average molecular weight is 240 g/mol. The van der Waals surface area contributed by atoms with Gasteiger partial charge in [0.05, 0.1) is 7.11 Å².